The number of hydrogen-bond acceptors (Lipinski definition) is 2. The Morgan fingerprint density at radius 3 is 2.50 bits per heavy atom. The normalized spacial score (nSPS) is 20.4. The van der Waals surface area contributed by atoms with Gasteiger partial charge in [-0.1, -0.05) is 0 Å². The summed E-state index contributed by atoms with van der Waals surface area (Å²) in [5.41, 5.74) is 9.78. The molecule has 14 heavy (non-hydrogen) atoms. The van der Waals surface area contributed by atoms with Crippen LogP contribution in [0.3, 0.4) is 0 Å². The van der Waals surface area contributed by atoms with E-state index in [-0.39, 0.29) is 5.71 Å². The zero-order chi connectivity index (χ0) is 10.6. The van der Waals surface area contributed by atoms with Gasteiger partial charge in [0.2, 0.25) is 0 Å². The van der Waals surface area contributed by atoms with Crippen molar-refractivity contribution in [1.29, 1.82) is 0 Å². The SMILES string of the molecule is CCN(CC)C1=CC(O)C(=[N+]=[N-])C=C1. The van der Waals surface area contributed by atoms with Gasteiger partial charge in [-0.05, 0) is 26.0 Å². The van der Waals surface area contributed by atoms with Crippen molar-refractivity contribution < 1.29 is 9.90 Å². The second kappa shape index (κ2) is 4.74. The minimum atomic E-state index is -0.805. The van der Waals surface area contributed by atoms with E-state index in [0.717, 1.165) is 18.8 Å². The molecule has 76 valence electrons. The van der Waals surface area contributed by atoms with E-state index in [0.29, 0.717) is 0 Å². The molecule has 0 aromatic carbocycles. The van der Waals surface area contributed by atoms with Crippen LogP contribution in [0.1, 0.15) is 13.8 Å². The number of nitrogens with zero attached hydrogens (tertiary/aromatic N) is 3. The predicted octanol–water partition coefficient (Wildman–Crippen LogP) is 0.814. The Hall–Kier alpha value is -1.38. The van der Waals surface area contributed by atoms with Gasteiger partial charge in [0.15, 0.2) is 6.10 Å². The van der Waals surface area contributed by atoms with Crippen molar-refractivity contribution in [2.75, 3.05) is 13.1 Å². The maximum absolute atomic E-state index is 9.53. The lowest BCUT2D eigenvalue weighted by atomic mass is 10.1. The molecule has 4 heteroatoms. The van der Waals surface area contributed by atoms with Gasteiger partial charge in [0.25, 0.3) is 0 Å². The summed E-state index contributed by atoms with van der Waals surface area (Å²) in [6, 6.07) is 0. The molecule has 1 rings (SSSR count). The second-order valence-corrected chi connectivity index (χ2v) is 3.07. The maximum atomic E-state index is 9.53. The van der Waals surface area contributed by atoms with Crippen LogP contribution in [0, 0.1) is 0 Å². The molecule has 0 saturated heterocycles. The maximum Gasteiger partial charge on any atom is 0.324 e. The topological polar surface area (TPSA) is 59.9 Å². The molecule has 1 N–H and O–H groups in total. The lowest BCUT2D eigenvalue weighted by Gasteiger charge is -2.23. The van der Waals surface area contributed by atoms with Gasteiger partial charge in [-0.25, -0.2) is 0 Å². The first-order valence-electron chi connectivity index (χ1n) is 4.77. The van der Waals surface area contributed by atoms with Crippen LogP contribution in [0.5, 0.6) is 0 Å². The van der Waals surface area contributed by atoms with Crippen molar-refractivity contribution in [2.45, 2.75) is 20.0 Å². The average Bonchev–Trinajstić information content (AvgIpc) is 2.20. The molecule has 0 aliphatic heterocycles. The fourth-order valence-electron chi connectivity index (χ4n) is 1.46. The summed E-state index contributed by atoms with van der Waals surface area (Å²) in [7, 11) is 0. The summed E-state index contributed by atoms with van der Waals surface area (Å²) in [5.74, 6) is 0. The van der Waals surface area contributed by atoms with Crippen LogP contribution in [-0.2, 0) is 0 Å². The summed E-state index contributed by atoms with van der Waals surface area (Å²) < 4.78 is 0. The Labute approximate surface area is 83.8 Å². The van der Waals surface area contributed by atoms with Crippen LogP contribution >= 0.6 is 0 Å². The van der Waals surface area contributed by atoms with Crippen LogP contribution in [0.25, 0.3) is 5.53 Å². The summed E-state index contributed by atoms with van der Waals surface area (Å²) in [5, 5.41) is 9.53. The van der Waals surface area contributed by atoms with E-state index in [1.54, 1.807) is 12.2 Å². The number of aliphatic hydroxyl groups is 1. The Morgan fingerprint density at radius 1 is 1.43 bits per heavy atom. The Bertz CT molecular complexity index is 309. The highest BCUT2D eigenvalue weighted by Gasteiger charge is 2.21. The molecule has 0 saturated carbocycles. The molecule has 0 bridgehead atoms. The smallest absolute Gasteiger partial charge is 0.324 e. The molecule has 0 radical (unpaired) electrons. The summed E-state index contributed by atoms with van der Waals surface area (Å²) >= 11 is 0. The van der Waals surface area contributed by atoms with E-state index in [2.05, 4.69) is 23.5 Å². The first-order chi connectivity index (χ1) is 6.72. The second-order valence-electron chi connectivity index (χ2n) is 3.07. The Morgan fingerprint density at radius 2 is 2.07 bits per heavy atom. The van der Waals surface area contributed by atoms with Gasteiger partial charge in [-0.15, -0.1) is 0 Å². The molecule has 0 amide bonds. The molecule has 4 nitrogen and oxygen atoms in total. The molecule has 1 atom stereocenters. The van der Waals surface area contributed by atoms with Crippen LogP contribution in [-0.4, -0.2) is 39.7 Å². The molecule has 1 aliphatic rings. The average molecular weight is 193 g/mol. The molecule has 1 unspecified atom stereocenters. The zero-order valence-corrected chi connectivity index (χ0v) is 8.51. The third kappa shape index (κ3) is 2.10. The van der Waals surface area contributed by atoms with E-state index in [4.69, 9.17) is 5.53 Å². The van der Waals surface area contributed by atoms with Gasteiger partial charge < -0.3 is 15.5 Å². The molecule has 0 spiro atoms. The Balaban J connectivity index is 2.86. The van der Waals surface area contributed by atoms with E-state index in [1.807, 2.05) is 6.08 Å². The quantitative estimate of drug-likeness (QED) is 0.532. The first kappa shape index (κ1) is 10.7. The molecular weight excluding hydrogens is 178 g/mol. The van der Waals surface area contributed by atoms with Gasteiger partial charge in [-0.2, -0.15) is 4.79 Å². The molecule has 1 aliphatic carbocycles. The van der Waals surface area contributed by atoms with E-state index < -0.39 is 6.10 Å². The van der Waals surface area contributed by atoms with E-state index >= 15 is 0 Å². The van der Waals surface area contributed by atoms with Crippen molar-refractivity contribution in [2.24, 2.45) is 0 Å². The minimum absolute atomic E-state index is 0.279. The summed E-state index contributed by atoms with van der Waals surface area (Å²) in [6.45, 7) is 5.90. The van der Waals surface area contributed by atoms with Gasteiger partial charge >= 0.3 is 5.71 Å². The highest BCUT2D eigenvalue weighted by atomic mass is 16.3. The lowest BCUT2D eigenvalue weighted by Crippen LogP contribution is -2.27. The van der Waals surface area contributed by atoms with Crippen molar-refractivity contribution in [3.63, 3.8) is 0 Å². The highest BCUT2D eigenvalue weighted by Crippen LogP contribution is 2.12. The van der Waals surface area contributed by atoms with E-state index in [1.165, 1.54) is 0 Å². The standard InChI is InChI=1S/C10H15N3O/c1-3-13(4-2)8-5-6-9(12-11)10(14)7-8/h5-7,10,14H,3-4H2,1-2H3. The minimum Gasteiger partial charge on any atom is -0.377 e. The van der Waals surface area contributed by atoms with Crippen LogP contribution in [0.4, 0.5) is 0 Å². The van der Waals surface area contributed by atoms with Crippen molar-refractivity contribution in [1.82, 2.24) is 4.90 Å². The van der Waals surface area contributed by atoms with Crippen molar-refractivity contribution in [3.05, 3.63) is 29.5 Å². The third-order valence-electron chi connectivity index (χ3n) is 2.30. The number of likely N-dealkylation sites (N-methyl/N-ethyl adjacent to an activating group) is 1. The fourth-order valence-corrected chi connectivity index (χ4v) is 1.46. The largest absolute Gasteiger partial charge is 0.377 e. The van der Waals surface area contributed by atoms with Crippen LogP contribution in [0.2, 0.25) is 0 Å². The van der Waals surface area contributed by atoms with Gasteiger partial charge in [0.05, 0.1) is 0 Å². The lowest BCUT2D eigenvalue weighted by molar-refractivity contribution is -0.0153. The zero-order valence-electron chi connectivity index (χ0n) is 8.51. The predicted molar refractivity (Wildman–Crippen MR) is 54.8 cm³/mol. The summed E-state index contributed by atoms with van der Waals surface area (Å²) in [6.07, 6.45) is 4.34. The van der Waals surface area contributed by atoms with Gasteiger partial charge in [-0.3, -0.25) is 0 Å². The van der Waals surface area contributed by atoms with Crippen molar-refractivity contribution >= 4 is 5.71 Å². The van der Waals surface area contributed by atoms with Crippen LogP contribution in [0.15, 0.2) is 23.9 Å². The monoisotopic (exact) mass is 193 g/mol. The van der Waals surface area contributed by atoms with Gasteiger partial charge in [0, 0.05) is 24.9 Å². The van der Waals surface area contributed by atoms with Crippen molar-refractivity contribution in [3.8, 4) is 0 Å². The molecule has 0 aromatic rings. The molecule has 0 heterocycles. The van der Waals surface area contributed by atoms with Gasteiger partial charge in [0.1, 0.15) is 0 Å². The summed E-state index contributed by atoms with van der Waals surface area (Å²) in [4.78, 5) is 5.11. The highest BCUT2D eigenvalue weighted by molar-refractivity contribution is 5.96. The van der Waals surface area contributed by atoms with Crippen LogP contribution < -0.4 is 0 Å². The first-order valence-corrected chi connectivity index (χ1v) is 4.77. The number of aliphatic hydroxyl groups excluding tert-OH is 1. The van der Waals surface area contributed by atoms with E-state index in [9.17, 15) is 5.11 Å². The number of rotatable bonds is 3. The molecular formula is C10H15N3O. The third-order valence-corrected chi connectivity index (χ3v) is 2.30. The molecule has 0 aromatic heterocycles. The molecule has 0 fully saturated rings. The fraction of sp³-hybridized carbons (Fsp3) is 0.500. The number of hydrogen-bond donors (Lipinski definition) is 1. The number of allylic oxidation sites excluding steroid dienone is 1. The Kier molecular flexibility index (Phi) is 3.63.